The van der Waals surface area contributed by atoms with Gasteiger partial charge < -0.3 is 20.7 Å². The smallest absolute Gasteiger partial charge is 0.323 e. The Labute approximate surface area is 155 Å². The highest BCUT2D eigenvalue weighted by atomic mass is 16.5. The van der Waals surface area contributed by atoms with Crippen molar-refractivity contribution < 1.29 is 9.53 Å². The number of ether oxygens (including phenoxy) is 1. The quantitative estimate of drug-likeness (QED) is 0.628. The lowest BCUT2D eigenvalue weighted by Gasteiger charge is -2.27. The zero-order valence-corrected chi connectivity index (χ0v) is 15.0. The molecule has 1 fully saturated rings. The molecule has 5 heteroatoms. The fourth-order valence-corrected chi connectivity index (χ4v) is 3.06. The van der Waals surface area contributed by atoms with E-state index < -0.39 is 0 Å². The Kier molecular flexibility index (Phi) is 7.19. The highest BCUT2D eigenvalue weighted by molar-refractivity contribution is 5.76. The monoisotopic (exact) mass is 353 g/mol. The van der Waals surface area contributed by atoms with E-state index in [-0.39, 0.29) is 12.0 Å². The molecule has 5 nitrogen and oxygen atoms in total. The van der Waals surface area contributed by atoms with Gasteiger partial charge in [0.2, 0.25) is 0 Å². The summed E-state index contributed by atoms with van der Waals surface area (Å²) >= 11 is 0. The maximum atomic E-state index is 12.7. The molecule has 2 atom stereocenters. The second-order valence-corrected chi connectivity index (χ2v) is 6.60. The Morgan fingerprint density at radius 2 is 1.73 bits per heavy atom. The lowest BCUT2D eigenvalue weighted by molar-refractivity contribution is -0.147. The average molecular weight is 353 g/mol. The van der Waals surface area contributed by atoms with E-state index in [1.165, 1.54) is 0 Å². The first kappa shape index (κ1) is 18.6. The molecule has 26 heavy (non-hydrogen) atoms. The first-order chi connectivity index (χ1) is 12.8. The molecular weight excluding hydrogens is 326 g/mol. The van der Waals surface area contributed by atoms with Crippen molar-refractivity contribution in [1.29, 1.82) is 0 Å². The number of hydrogen-bond donors (Lipinski definition) is 3. The summed E-state index contributed by atoms with van der Waals surface area (Å²) in [6, 6.07) is 19.8. The minimum atomic E-state index is -0.357. The van der Waals surface area contributed by atoms with Crippen molar-refractivity contribution >= 4 is 5.97 Å². The lowest BCUT2D eigenvalue weighted by atomic mass is 10.1. The van der Waals surface area contributed by atoms with E-state index in [4.69, 9.17) is 4.74 Å². The highest BCUT2D eigenvalue weighted by Gasteiger charge is 2.22. The van der Waals surface area contributed by atoms with Crippen molar-refractivity contribution in [2.75, 3.05) is 26.2 Å². The molecule has 2 unspecified atom stereocenters. The maximum absolute atomic E-state index is 12.7. The van der Waals surface area contributed by atoms with E-state index in [1.807, 2.05) is 60.7 Å². The van der Waals surface area contributed by atoms with Gasteiger partial charge in [-0.1, -0.05) is 60.7 Å². The number of hydrogen-bond acceptors (Lipinski definition) is 5. The number of piperazine rings is 1. The van der Waals surface area contributed by atoms with Crippen molar-refractivity contribution in [2.24, 2.45) is 0 Å². The third-order valence-electron chi connectivity index (χ3n) is 4.53. The van der Waals surface area contributed by atoms with Crippen LogP contribution in [0.25, 0.3) is 0 Å². The Morgan fingerprint density at radius 1 is 1.04 bits per heavy atom. The number of esters is 1. The third-order valence-corrected chi connectivity index (χ3v) is 4.53. The van der Waals surface area contributed by atoms with E-state index in [9.17, 15) is 4.79 Å². The van der Waals surface area contributed by atoms with Crippen molar-refractivity contribution in [1.82, 2.24) is 16.0 Å². The summed E-state index contributed by atoms with van der Waals surface area (Å²) < 4.78 is 5.56. The SMILES string of the molecule is O=C(OCc1ccccc1)C(Cc1ccccc1)NCC1CNCCN1. The maximum Gasteiger partial charge on any atom is 0.323 e. The summed E-state index contributed by atoms with van der Waals surface area (Å²) in [5.74, 6) is -0.207. The summed E-state index contributed by atoms with van der Waals surface area (Å²) in [6.07, 6.45) is 0.620. The molecule has 0 aromatic heterocycles. The molecule has 0 spiro atoms. The van der Waals surface area contributed by atoms with Crippen LogP contribution in [0.4, 0.5) is 0 Å². The zero-order chi connectivity index (χ0) is 18.0. The van der Waals surface area contributed by atoms with Crippen LogP contribution < -0.4 is 16.0 Å². The normalized spacial score (nSPS) is 18.2. The molecule has 1 heterocycles. The molecule has 0 amide bonds. The van der Waals surface area contributed by atoms with Crippen LogP contribution in [0.15, 0.2) is 60.7 Å². The molecule has 3 rings (SSSR count). The summed E-state index contributed by atoms with van der Waals surface area (Å²) in [4.78, 5) is 12.7. The second-order valence-electron chi connectivity index (χ2n) is 6.60. The van der Waals surface area contributed by atoms with Gasteiger partial charge in [0.15, 0.2) is 0 Å². The first-order valence-electron chi connectivity index (χ1n) is 9.23. The number of carbonyl (C=O) groups excluding carboxylic acids is 1. The highest BCUT2D eigenvalue weighted by Crippen LogP contribution is 2.07. The summed E-state index contributed by atoms with van der Waals surface area (Å²) in [5.41, 5.74) is 2.12. The molecule has 2 aromatic carbocycles. The van der Waals surface area contributed by atoms with E-state index in [1.54, 1.807) is 0 Å². The van der Waals surface area contributed by atoms with Gasteiger partial charge in [-0.3, -0.25) is 4.79 Å². The number of rotatable bonds is 8. The summed E-state index contributed by atoms with van der Waals surface area (Å²) in [5, 5.41) is 10.2. The molecule has 1 saturated heterocycles. The molecule has 2 aromatic rings. The van der Waals surface area contributed by atoms with Gasteiger partial charge in [-0.05, 0) is 17.5 Å². The van der Waals surface area contributed by atoms with Gasteiger partial charge in [-0.25, -0.2) is 0 Å². The molecule has 3 N–H and O–H groups in total. The van der Waals surface area contributed by atoms with E-state index in [0.29, 0.717) is 19.1 Å². The van der Waals surface area contributed by atoms with Crippen LogP contribution in [0.5, 0.6) is 0 Å². The van der Waals surface area contributed by atoms with Crippen LogP contribution in [0, 0.1) is 0 Å². The van der Waals surface area contributed by atoms with Crippen LogP contribution in [-0.2, 0) is 22.6 Å². The lowest BCUT2D eigenvalue weighted by Crippen LogP contribution is -2.55. The van der Waals surface area contributed by atoms with E-state index >= 15 is 0 Å². The number of benzene rings is 2. The molecule has 1 aliphatic rings. The van der Waals surface area contributed by atoms with Crippen molar-refractivity contribution in [3.8, 4) is 0 Å². The Hall–Kier alpha value is -2.21. The van der Waals surface area contributed by atoms with Gasteiger partial charge in [-0.2, -0.15) is 0 Å². The van der Waals surface area contributed by atoms with Crippen LogP contribution in [-0.4, -0.2) is 44.2 Å². The Balaban J connectivity index is 1.58. The minimum absolute atomic E-state index is 0.207. The summed E-state index contributed by atoms with van der Waals surface area (Å²) in [7, 11) is 0. The minimum Gasteiger partial charge on any atom is -0.460 e. The van der Waals surface area contributed by atoms with Gasteiger partial charge in [0.1, 0.15) is 12.6 Å². The zero-order valence-electron chi connectivity index (χ0n) is 15.0. The topological polar surface area (TPSA) is 62.4 Å². The van der Waals surface area contributed by atoms with Crippen LogP contribution in [0.1, 0.15) is 11.1 Å². The van der Waals surface area contributed by atoms with Gasteiger partial charge in [0, 0.05) is 32.2 Å². The first-order valence-corrected chi connectivity index (χ1v) is 9.23. The predicted molar refractivity (Wildman–Crippen MR) is 103 cm³/mol. The molecule has 0 aliphatic carbocycles. The third kappa shape index (κ3) is 5.95. The molecule has 1 aliphatic heterocycles. The van der Waals surface area contributed by atoms with Crippen LogP contribution in [0.3, 0.4) is 0 Å². The summed E-state index contributed by atoms with van der Waals surface area (Å²) in [6.45, 7) is 3.88. The van der Waals surface area contributed by atoms with Crippen LogP contribution in [0.2, 0.25) is 0 Å². The number of nitrogens with one attached hydrogen (secondary N) is 3. The average Bonchev–Trinajstić information content (AvgIpc) is 2.71. The molecular formula is C21H27N3O2. The molecule has 138 valence electrons. The second kappa shape index (κ2) is 10.1. The van der Waals surface area contributed by atoms with Gasteiger partial charge in [-0.15, -0.1) is 0 Å². The fourth-order valence-electron chi connectivity index (χ4n) is 3.06. The van der Waals surface area contributed by atoms with Gasteiger partial charge in [0.25, 0.3) is 0 Å². The Bertz CT molecular complexity index is 657. The molecule has 0 bridgehead atoms. The van der Waals surface area contributed by atoms with E-state index in [0.717, 1.165) is 37.3 Å². The fraction of sp³-hybridized carbons (Fsp3) is 0.381. The standard InChI is InChI=1S/C21H27N3O2/c25-21(26-16-18-9-5-2-6-10-18)20(13-17-7-3-1-4-8-17)24-15-19-14-22-11-12-23-19/h1-10,19-20,22-24H,11-16H2. The largest absolute Gasteiger partial charge is 0.460 e. The van der Waals surface area contributed by atoms with Crippen LogP contribution >= 0.6 is 0 Å². The van der Waals surface area contributed by atoms with E-state index in [2.05, 4.69) is 16.0 Å². The number of carbonyl (C=O) groups is 1. The Morgan fingerprint density at radius 3 is 2.38 bits per heavy atom. The van der Waals surface area contributed by atoms with Gasteiger partial charge >= 0.3 is 5.97 Å². The van der Waals surface area contributed by atoms with Crippen molar-refractivity contribution in [3.05, 3.63) is 71.8 Å². The van der Waals surface area contributed by atoms with Crippen molar-refractivity contribution in [2.45, 2.75) is 25.1 Å². The van der Waals surface area contributed by atoms with Gasteiger partial charge in [0.05, 0.1) is 0 Å². The molecule has 0 saturated carbocycles. The molecule has 0 radical (unpaired) electrons. The van der Waals surface area contributed by atoms with Crippen molar-refractivity contribution in [3.63, 3.8) is 0 Å². The predicted octanol–water partition coefficient (Wildman–Crippen LogP) is 1.49.